The van der Waals surface area contributed by atoms with Crippen LogP contribution in [0.25, 0.3) is 11.1 Å². The number of anilines is 2. The van der Waals surface area contributed by atoms with Crippen molar-refractivity contribution in [2.45, 2.75) is 59.2 Å². The minimum absolute atomic E-state index is 0.106. The third-order valence-electron chi connectivity index (χ3n) is 5.24. The number of amides is 2. The van der Waals surface area contributed by atoms with Crippen molar-refractivity contribution >= 4 is 29.2 Å². The van der Waals surface area contributed by atoms with Crippen molar-refractivity contribution in [1.82, 2.24) is 0 Å². The normalized spacial score (nSPS) is 11.2. The number of nitrogens with zero attached hydrogens (tertiary/aromatic N) is 1. The molecule has 0 aliphatic heterocycles. The summed E-state index contributed by atoms with van der Waals surface area (Å²) in [5, 5.41) is 14.4. The average molecular weight is 546 g/mol. The molecule has 0 aliphatic rings. The highest BCUT2D eigenvalue weighted by Crippen LogP contribution is 2.40. The van der Waals surface area contributed by atoms with Gasteiger partial charge in [-0.15, -0.1) is 0 Å². The van der Waals surface area contributed by atoms with E-state index in [1.807, 2.05) is 26.8 Å². The van der Waals surface area contributed by atoms with Crippen LogP contribution in [0.5, 0.6) is 5.75 Å². The van der Waals surface area contributed by atoms with Crippen LogP contribution in [0.15, 0.2) is 60.7 Å². The molecule has 0 radical (unpaired) electrons. The maximum Gasteiger partial charge on any atom is 0.412 e. The number of ketones is 1. The predicted octanol–water partition coefficient (Wildman–Crippen LogP) is 7.10. The number of Topliss-reactive ketones (excluding diaryl/α,β-unsaturated/α-hetero) is 1. The van der Waals surface area contributed by atoms with E-state index in [0.717, 1.165) is 0 Å². The van der Waals surface area contributed by atoms with Gasteiger partial charge in [0.15, 0.2) is 5.78 Å². The van der Waals surface area contributed by atoms with Gasteiger partial charge in [-0.05, 0) is 65.8 Å². The number of nitrogens with one attached hydrogen (secondary N) is 2. The largest absolute Gasteiger partial charge is 0.487 e. The molecule has 0 saturated heterocycles. The van der Waals surface area contributed by atoms with Crippen molar-refractivity contribution in [2.24, 2.45) is 0 Å². The van der Waals surface area contributed by atoms with Crippen LogP contribution in [-0.4, -0.2) is 29.0 Å². The lowest BCUT2D eigenvalue weighted by atomic mass is 10.0. The van der Waals surface area contributed by atoms with Gasteiger partial charge in [-0.1, -0.05) is 30.3 Å². The predicted molar refractivity (Wildman–Crippen MR) is 151 cm³/mol. The Morgan fingerprint density at radius 1 is 0.850 bits per heavy atom. The Kier molecular flexibility index (Phi) is 8.95. The molecule has 8 nitrogen and oxygen atoms in total. The molecule has 0 atom stereocenters. The first-order valence-electron chi connectivity index (χ1n) is 12.6. The molecule has 0 aromatic heterocycles. The number of carbonyl (C=O) groups excluding carboxylic acids is 3. The Balaban J connectivity index is 2.05. The van der Waals surface area contributed by atoms with Gasteiger partial charge >= 0.3 is 6.09 Å². The minimum Gasteiger partial charge on any atom is -0.487 e. The molecule has 0 bridgehead atoms. The summed E-state index contributed by atoms with van der Waals surface area (Å²) in [5.41, 5.74) is -0.207. The second-order valence-corrected chi connectivity index (χ2v) is 11.1. The number of hydrogen-bond acceptors (Lipinski definition) is 6. The Morgan fingerprint density at radius 2 is 1.52 bits per heavy atom. The first-order chi connectivity index (χ1) is 18.6. The lowest BCUT2D eigenvalue weighted by molar-refractivity contribution is -0.115. The van der Waals surface area contributed by atoms with Crippen molar-refractivity contribution in [3.63, 3.8) is 0 Å². The van der Waals surface area contributed by atoms with Gasteiger partial charge in [0.1, 0.15) is 22.8 Å². The quantitative estimate of drug-likeness (QED) is 0.242. The Hall–Kier alpha value is -4.71. The van der Waals surface area contributed by atoms with Gasteiger partial charge in [0.05, 0.1) is 29.4 Å². The summed E-state index contributed by atoms with van der Waals surface area (Å²) in [7, 11) is 0. The standard InChI is InChI=1S/C31H32FN3O5/c1-30(2,3)39-27-16-25(35-29(38)40-31(4,5)6)24(15-22(27)21-12-7-8-13-23(21)32)34-28(37)17-26(36)20-11-9-10-19(14-20)18-33/h7-16H,17H2,1-6H3,(H,34,37)(H,35,38). The number of halogens is 1. The van der Waals surface area contributed by atoms with E-state index in [1.165, 1.54) is 30.3 Å². The highest BCUT2D eigenvalue weighted by molar-refractivity contribution is 6.12. The molecule has 0 fully saturated rings. The lowest BCUT2D eigenvalue weighted by Crippen LogP contribution is -2.28. The second-order valence-electron chi connectivity index (χ2n) is 11.1. The zero-order valence-corrected chi connectivity index (χ0v) is 23.3. The molecule has 0 heterocycles. The van der Waals surface area contributed by atoms with Gasteiger partial charge < -0.3 is 14.8 Å². The highest BCUT2D eigenvalue weighted by Gasteiger charge is 2.24. The maximum absolute atomic E-state index is 14.9. The highest BCUT2D eigenvalue weighted by atomic mass is 19.1. The summed E-state index contributed by atoms with van der Waals surface area (Å²) >= 11 is 0. The van der Waals surface area contributed by atoms with Crippen molar-refractivity contribution in [1.29, 1.82) is 5.26 Å². The van der Waals surface area contributed by atoms with Gasteiger partial charge in [-0.2, -0.15) is 5.26 Å². The number of carbonyl (C=O) groups is 3. The molecule has 0 aliphatic carbocycles. The Labute approximate surface area is 233 Å². The van der Waals surface area contributed by atoms with Crippen LogP contribution in [0, 0.1) is 17.1 Å². The molecule has 9 heteroatoms. The van der Waals surface area contributed by atoms with Gasteiger partial charge in [-0.3, -0.25) is 14.9 Å². The van der Waals surface area contributed by atoms with E-state index in [0.29, 0.717) is 11.1 Å². The first-order valence-corrected chi connectivity index (χ1v) is 12.6. The van der Waals surface area contributed by atoms with E-state index in [9.17, 15) is 18.8 Å². The fourth-order valence-corrected chi connectivity index (χ4v) is 3.71. The van der Waals surface area contributed by atoms with Crippen LogP contribution in [0.4, 0.5) is 20.6 Å². The molecule has 40 heavy (non-hydrogen) atoms. The Morgan fingerprint density at radius 3 is 2.15 bits per heavy atom. The van der Waals surface area contributed by atoms with Crippen LogP contribution in [0.3, 0.4) is 0 Å². The molecular weight excluding hydrogens is 513 g/mol. The number of ether oxygens (including phenoxy) is 2. The number of nitriles is 1. The van der Waals surface area contributed by atoms with Gasteiger partial charge in [0.2, 0.25) is 5.91 Å². The molecule has 3 aromatic carbocycles. The molecule has 0 spiro atoms. The molecule has 208 valence electrons. The summed E-state index contributed by atoms with van der Waals surface area (Å²) in [4.78, 5) is 38.4. The molecular formula is C31H32FN3O5. The molecule has 2 amide bonds. The van der Waals surface area contributed by atoms with Gasteiger partial charge in [0.25, 0.3) is 0 Å². The molecule has 3 rings (SSSR count). The van der Waals surface area contributed by atoms with Crippen LogP contribution < -0.4 is 15.4 Å². The van der Waals surface area contributed by atoms with Gasteiger partial charge in [0, 0.05) is 22.8 Å². The third-order valence-corrected chi connectivity index (χ3v) is 5.24. The monoisotopic (exact) mass is 545 g/mol. The number of benzene rings is 3. The van der Waals surface area contributed by atoms with E-state index in [2.05, 4.69) is 10.6 Å². The fraction of sp³-hybridized carbons (Fsp3) is 0.290. The van der Waals surface area contributed by atoms with Crippen LogP contribution in [-0.2, 0) is 9.53 Å². The zero-order valence-electron chi connectivity index (χ0n) is 23.3. The fourth-order valence-electron chi connectivity index (χ4n) is 3.71. The summed E-state index contributed by atoms with van der Waals surface area (Å²) in [6.45, 7) is 10.6. The van der Waals surface area contributed by atoms with Crippen LogP contribution in [0.2, 0.25) is 0 Å². The first kappa shape index (κ1) is 29.8. The second kappa shape index (κ2) is 12.0. The topological polar surface area (TPSA) is 118 Å². The molecule has 0 unspecified atom stereocenters. The Bertz CT molecular complexity index is 1480. The maximum atomic E-state index is 14.9. The third kappa shape index (κ3) is 8.40. The van der Waals surface area contributed by atoms with Crippen molar-refractivity contribution in [3.8, 4) is 22.9 Å². The van der Waals surface area contributed by atoms with Gasteiger partial charge in [-0.25, -0.2) is 9.18 Å². The SMILES string of the molecule is CC(C)(C)OC(=O)Nc1cc(OC(C)(C)C)c(-c2ccccc2F)cc1NC(=O)CC(=O)c1cccc(C#N)c1. The van der Waals surface area contributed by atoms with E-state index >= 15 is 0 Å². The number of hydrogen-bond donors (Lipinski definition) is 2. The average Bonchev–Trinajstić information content (AvgIpc) is 2.84. The zero-order chi connectivity index (χ0) is 29.7. The van der Waals surface area contributed by atoms with Crippen molar-refractivity contribution in [3.05, 3.63) is 77.6 Å². The van der Waals surface area contributed by atoms with Crippen molar-refractivity contribution in [2.75, 3.05) is 10.6 Å². The van der Waals surface area contributed by atoms with Crippen LogP contribution >= 0.6 is 0 Å². The summed E-state index contributed by atoms with van der Waals surface area (Å²) in [5.74, 6) is -1.44. The summed E-state index contributed by atoms with van der Waals surface area (Å²) in [6.07, 6.45) is -1.32. The summed E-state index contributed by atoms with van der Waals surface area (Å²) in [6, 6.07) is 17.0. The smallest absolute Gasteiger partial charge is 0.412 e. The molecule has 0 saturated carbocycles. The summed E-state index contributed by atoms with van der Waals surface area (Å²) < 4.78 is 26.4. The van der Waals surface area contributed by atoms with E-state index in [-0.39, 0.29) is 28.3 Å². The number of rotatable bonds is 7. The minimum atomic E-state index is -0.796. The van der Waals surface area contributed by atoms with E-state index < -0.39 is 41.2 Å². The lowest BCUT2D eigenvalue weighted by Gasteiger charge is -2.26. The van der Waals surface area contributed by atoms with E-state index in [4.69, 9.17) is 14.7 Å². The van der Waals surface area contributed by atoms with E-state index in [1.54, 1.807) is 51.1 Å². The van der Waals surface area contributed by atoms with Crippen LogP contribution in [0.1, 0.15) is 63.9 Å². The molecule has 2 N–H and O–H groups in total. The molecule has 3 aromatic rings. The van der Waals surface area contributed by atoms with Crippen molar-refractivity contribution < 1.29 is 28.2 Å².